The Kier molecular flexibility index (Phi) is 8.32. The average molecular weight is 307 g/mol. The van der Waals surface area contributed by atoms with Gasteiger partial charge in [-0.3, -0.25) is 19.2 Å². The van der Waals surface area contributed by atoms with Crippen molar-refractivity contribution in [2.75, 3.05) is 12.3 Å². The Hall–Kier alpha value is -1.81. The van der Waals surface area contributed by atoms with Gasteiger partial charge in [-0.2, -0.15) is 12.6 Å². The van der Waals surface area contributed by atoms with Crippen LogP contribution in [-0.2, 0) is 19.2 Å². The zero-order valence-corrected chi connectivity index (χ0v) is 11.4. The number of carboxylic acids is 2. The van der Waals surface area contributed by atoms with Gasteiger partial charge in [-0.15, -0.1) is 0 Å². The summed E-state index contributed by atoms with van der Waals surface area (Å²) in [6, 6.07) is -2.11. The molecule has 0 rings (SSSR count). The number of carbonyl (C=O) groups excluding carboxylic acids is 2. The van der Waals surface area contributed by atoms with E-state index in [0.29, 0.717) is 0 Å². The largest absolute Gasteiger partial charge is 0.481 e. The number of carbonyl (C=O) groups is 4. The normalized spacial score (nSPS) is 13.1. The zero-order chi connectivity index (χ0) is 15.7. The quantitative estimate of drug-likeness (QED) is 0.263. The molecule has 6 N–H and O–H groups in total. The molecule has 0 aliphatic rings. The van der Waals surface area contributed by atoms with Gasteiger partial charge < -0.3 is 26.6 Å². The van der Waals surface area contributed by atoms with Gasteiger partial charge in [-0.1, -0.05) is 0 Å². The number of rotatable bonds is 9. The average Bonchev–Trinajstić information content (AvgIpc) is 2.38. The Balaban J connectivity index is 4.33. The monoisotopic (exact) mass is 307 g/mol. The van der Waals surface area contributed by atoms with Crippen molar-refractivity contribution >= 4 is 36.4 Å². The molecule has 0 aromatic heterocycles. The molecule has 2 amide bonds. The van der Waals surface area contributed by atoms with Crippen LogP contribution in [0, 0.1) is 0 Å². The van der Waals surface area contributed by atoms with Crippen molar-refractivity contribution in [1.29, 1.82) is 0 Å². The molecule has 0 aromatic carbocycles. The number of thiol groups is 1. The van der Waals surface area contributed by atoms with Crippen molar-refractivity contribution < 1.29 is 29.4 Å². The maximum Gasteiger partial charge on any atom is 0.322 e. The van der Waals surface area contributed by atoms with E-state index in [4.69, 9.17) is 15.9 Å². The van der Waals surface area contributed by atoms with Gasteiger partial charge in [-0.05, 0) is 6.42 Å². The highest BCUT2D eigenvalue weighted by Gasteiger charge is 2.23. The van der Waals surface area contributed by atoms with E-state index in [1.807, 2.05) is 0 Å². The van der Waals surface area contributed by atoms with Gasteiger partial charge in [0.2, 0.25) is 11.8 Å². The molecule has 10 heteroatoms. The van der Waals surface area contributed by atoms with Crippen LogP contribution in [0.4, 0.5) is 0 Å². The lowest BCUT2D eigenvalue weighted by molar-refractivity contribution is -0.138. The van der Waals surface area contributed by atoms with E-state index in [0.717, 1.165) is 0 Å². The van der Waals surface area contributed by atoms with Crippen LogP contribution in [0.5, 0.6) is 0 Å². The van der Waals surface area contributed by atoms with E-state index < -0.39 is 42.4 Å². The molecule has 114 valence electrons. The highest BCUT2D eigenvalue weighted by atomic mass is 32.1. The lowest BCUT2D eigenvalue weighted by Crippen LogP contribution is -2.53. The number of amides is 2. The SMILES string of the molecule is N[C@@H](CCC(=O)O)C(=O)NC(CS)C(=O)NCC(=O)O. The van der Waals surface area contributed by atoms with Crippen molar-refractivity contribution in [3.8, 4) is 0 Å². The van der Waals surface area contributed by atoms with Gasteiger partial charge in [0.05, 0.1) is 6.04 Å². The molecule has 0 spiro atoms. The molecule has 9 nitrogen and oxygen atoms in total. The molecular formula is C10H17N3O6S. The minimum absolute atomic E-state index is 0.0527. The second-order valence-corrected chi connectivity index (χ2v) is 4.26. The number of carboxylic acid groups (broad SMARTS) is 2. The topological polar surface area (TPSA) is 159 Å². The Morgan fingerprint density at radius 1 is 1.10 bits per heavy atom. The third kappa shape index (κ3) is 7.59. The number of nitrogens with one attached hydrogen (secondary N) is 2. The summed E-state index contributed by atoms with van der Waals surface area (Å²) in [5, 5.41) is 21.2. The summed E-state index contributed by atoms with van der Waals surface area (Å²) in [7, 11) is 0. The lowest BCUT2D eigenvalue weighted by Gasteiger charge is -2.18. The predicted octanol–water partition coefficient (Wildman–Crippen LogP) is -2.21. The Bertz CT molecular complexity index is 389. The second-order valence-electron chi connectivity index (χ2n) is 3.89. The summed E-state index contributed by atoms with van der Waals surface area (Å²) in [5.41, 5.74) is 5.46. The van der Waals surface area contributed by atoms with Crippen molar-refractivity contribution in [2.24, 2.45) is 5.73 Å². The van der Waals surface area contributed by atoms with Crippen LogP contribution in [0.15, 0.2) is 0 Å². The molecule has 0 radical (unpaired) electrons. The van der Waals surface area contributed by atoms with Crippen molar-refractivity contribution in [3.63, 3.8) is 0 Å². The zero-order valence-electron chi connectivity index (χ0n) is 10.5. The minimum atomic E-state index is -1.22. The third-order valence-corrected chi connectivity index (χ3v) is 2.60. The van der Waals surface area contributed by atoms with Crippen molar-refractivity contribution in [3.05, 3.63) is 0 Å². The summed E-state index contributed by atoms with van der Waals surface area (Å²) in [6.07, 6.45) is -0.345. The molecule has 0 saturated carbocycles. The first kappa shape index (κ1) is 18.2. The molecule has 20 heavy (non-hydrogen) atoms. The maximum atomic E-state index is 11.6. The van der Waals surface area contributed by atoms with E-state index in [1.54, 1.807) is 0 Å². The third-order valence-electron chi connectivity index (χ3n) is 2.24. The summed E-state index contributed by atoms with van der Waals surface area (Å²) in [4.78, 5) is 43.8. The first-order valence-corrected chi connectivity index (χ1v) is 6.29. The van der Waals surface area contributed by atoms with E-state index in [2.05, 4.69) is 23.3 Å². The summed E-state index contributed by atoms with van der Waals surface area (Å²) < 4.78 is 0. The molecule has 0 bridgehead atoms. The van der Waals surface area contributed by atoms with Gasteiger partial charge in [0, 0.05) is 12.2 Å². The predicted molar refractivity (Wildman–Crippen MR) is 71.3 cm³/mol. The molecule has 0 heterocycles. The molecule has 0 fully saturated rings. The van der Waals surface area contributed by atoms with Crippen molar-refractivity contribution in [2.45, 2.75) is 24.9 Å². The smallest absolute Gasteiger partial charge is 0.322 e. The van der Waals surface area contributed by atoms with Gasteiger partial charge in [0.15, 0.2) is 0 Å². The Morgan fingerprint density at radius 2 is 1.70 bits per heavy atom. The van der Waals surface area contributed by atoms with Crippen LogP contribution in [0.2, 0.25) is 0 Å². The minimum Gasteiger partial charge on any atom is -0.481 e. The van der Waals surface area contributed by atoms with Gasteiger partial charge in [0.25, 0.3) is 0 Å². The standard InChI is InChI=1S/C10H17N3O6S/c11-5(1-2-7(14)15)9(18)13-6(4-20)10(19)12-3-8(16)17/h5-6,20H,1-4,11H2,(H,12,19)(H,13,18)(H,14,15)(H,16,17)/t5-,6?/m0/s1. The molecular weight excluding hydrogens is 290 g/mol. The number of aliphatic carboxylic acids is 2. The molecule has 2 atom stereocenters. The summed E-state index contributed by atoms with van der Waals surface area (Å²) >= 11 is 3.87. The number of hydrogen-bond acceptors (Lipinski definition) is 6. The molecule has 0 aliphatic carbocycles. The fourth-order valence-electron chi connectivity index (χ4n) is 1.17. The highest BCUT2D eigenvalue weighted by Crippen LogP contribution is 1.97. The first-order valence-electron chi connectivity index (χ1n) is 5.66. The fourth-order valence-corrected chi connectivity index (χ4v) is 1.43. The van der Waals surface area contributed by atoms with E-state index in [1.165, 1.54) is 0 Å². The van der Waals surface area contributed by atoms with Crippen LogP contribution in [-0.4, -0.2) is 58.3 Å². The van der Waals surface area contributed by atoms with Crippen LogP contribution in [0.25, 0.3) is 0 Å². The van der Waals surface area contributed by atoms with Crippen LogP contribution in [0.3, 0.4) is 0 Å². The second kappa shape index (κ2) is 9.15. The molecule has 0 aliphatic heterocycles. The van der Waals surface area contributed by atoms with Crippen LogP contribution < -0.4 is 16.4 Å². The Morgan fingerprint density at radius 3 is 2.15 bits per heavy atom. The molecule has 0 saturated heterocycles. The fraction of sp³-hybridized carbons (Fsp3) is 0.600. The number of hydrogen-bond donors (Lipinski definition) is 6. The summed E-state index contributed by atoms with van der Waals surface area (Å²) in [6.45, 7) is -0.579. The Labute approximate surface area is 120 Å². The van der Waals surface area contributed by atoms with Gasteiger partial charge in [-0.25, -0.2) is 0 Å². The van der Waals surface area contributed by atoms with Gasteiger partial charge in [0.1, 0.15) is 12.6 Å². The van der Waals surface area contributed by atoms with Crippen LogP contribution >= 0.6 is 12.6 Å². The first-order chi connectivity index (χ1) is 9.27. The van der Waals surface area contributed by atoms with Gasteiger partial charge >= 0.3 is 11.9 Å². The highest BCUT2D eigenvalue weighted by molar-refractivity contribution is 7.80. The number of nitrogens with two attached hydrogens (primary N) is 1. The van der Waals surface area contributed by atoms with Crippen molar-refractivity contribution in [1.82, 2.24) is 10.6 Å². The summed E-state index contributed by atoms with van der Waals surface area (Å²) in [5.74, 6) is -3.76. The maximum absolute atomic E-state index is 11.6. The van der Waals surface area contributed by atoms with E-state index in [9.17, 15) is 19.2 Å². The van der Waals surface area contributed by atoms with E-state index in [-0.39, 0.29) is 18.6 Å². The lowest BCUT2D eigenvalue weighted by atomic mass is 10.1. The van der Waals surface area contributed by atoms with Crippen LogP contribution in [0.1, 0.15) is 12.8 Å². The molecule has 1 unspecified atom stereocenters. The molecule has 0 aromatic rings. The van der Waals surface area contributed by atoms with E-state index >= 15 is 0 Å².